The molecule has 0 aliphatic carbocycles. The number of aromatic nitrogens is 2. The lowest BCUT2D eigenvalue weighted by Gasteiger charge is -2.27. The van der Waals surface area contributed by atoms with Crippen LogP contribution in [0.5, 0.6) is 0 Å². The Kier molecular flexibility index (Phi) is 9.87. The number of hydrogen-bond acceptors (Lipinski definition) is 8. The summed E-state index contributed by atoms with van der Waals surface area (Å²) in [6, 6.07) is 1.52. The van der Waals surface area contributed by atoms with E-state index in [1.54, 1.807) is 19.9 Å². The van der Waals surface area contributed by atoms with Crippen molar-refractivity contribution in [1.82, 2.24) is 9.55 Å². The normalized spacial score (nSPS) is 18.4. The van der Waals surface area contributed by atoms with Crippen molar-refractivity contribution in [3.63, 3.8) is 0 Å². The smallest absolute Gasteiger partial charge is 0.353 e. The quantitative estimate of drug-likeness (QED) is 0.519. The van der Waals surface area contributed by atoms with Crippen LogP contribution in [0, 0.1) is 0 Å². The van der Waals surface area contributed by atoms with E-state index in [1.165, 1.54) is 29.6 Å². The summed E-state index contributed by atoms with van der Waals surface area (Å²) < 4.78 is 36.3. The van der Waals surface area contributed by atoms with Gasteiger partial charge in [0.2, 0.25) is 5.91 Å². The average Bonchev–Trinajstić information content (AvgIpc) is 2.69. The second-order valence-electron chi connectivity index (χ2n) is 6.62. The monoisotopic (exact) mass is 443 g/mol. The van der Waals surface area contributed by atoms with E-state index in [2.05, 4.69) is 10.3 Å². The molecule has 168 valence electrons. The molecule has 2 heterocycles. The highest BCUT2D eigenvalue weighted by Crippen LogP contribution is 2.49. The summed E-state index contributed by atoms with van der Waals surface area (Å²) in [5.74, 6) is 1.21. The van der Waals surface area contributed by atoms with Crippen LogP contribution in [-0.2, 0) is 34.4 Å². The van der Waals surface area contributed by atoms with Crippen molar-refractivity contribution < 1.29 is 27.9 Å². The fourth-order valence-electron chi connectivity index (χ4n) is 2.86. The molecule has 11 heteroatoms. The number of anilines is 1. The molecule has 1 fully saturated rings. The Labute approximate surface area is 176 Å². The Morgan fingerprint density at radius 1 is 1.40 bits per heavy atom. The molecule has 1 aromatic rings. The molecular weight excluding hydrogens is 413 g/mol. The first-order chi connectivity index (χ1) is 14.3. The maximum atomic E-state index is 12.7. The molecule has 2 rings (SSSR count). The molecular formula is C19H30N3O7P. The van der Waals surface area contributed by atoms with E-state index in [0.717, 1.165) is 19.3 Å². The number of ether oxygens (including phenoxy) is 2. The highest BCUT2D eigenvalue weighted by atomic mass is 31.2. The zero-order valence-electron chi connectivity index (χ0n) is 17.6. The molecule has 0 bridgehead atoms. The van der Waals surface area contributed by atoms with E-state index in [0.29, 0.717) is 6.61 Å². The number of rotatable bonds is 11. The van der Waals surface area contributed by atoms with Crippen molar-refractivity contribution in [3.05, 3.63) is 34.6 Å². The number of nitrogens with zero attached hydrogens (tertiary/aromatic N) is 2. The Hall–Kier alpha value is -1.84. The fraction of sp³-hybridized carbons (Fsp3) is 0.632. The van der Waals surface area contributed by atoms with Crippen LogP contribution in [0.3, 0.4) is 0 Å². The Balaban J connectivity index is 2.20. The van der Waals surface area contributed by atoms with Crippen molar-refractivity contribution in [3.8, 4) is 0 Å². The molecule has 0 aromatic carbocycles. The summed E-state index contributed by atoms with van der Waals surface area (Å²) in [5, 5.41) is 2.47. The third-order valence-corrected chi connectivity index (χ3v) is 5.89. The van der Waals surface area contributed by atoms with Gasteiger partial charge in [-0.25, -0.2) is 4.79 Å². The molecule has 30 heavy (non-hydrogen) atoms. The van der Waals surface area contributed by atoms with E-state index < -0.39 is 25.7 Å². The summed E-state index contributed by atoms with van der Waals surface area (Å²) in [6.45, 7) is 5.96. The maximum Gasteiger partial charge on any atom is 0.353 e. The predicted octanol–water partition coefficient (Wildman–Crippen LogP) is 2.89. The highest BCUT2D eigenvalue weighted by molar-refractivity contribution is 7.57. The largest absolute Gasteiger partial charge is 0.353 e. The van der Waals surface area contributed by atoms with Crippen LogP contribution in [0.1, 0.15) is 40.0 Å². The van der Waals surface area contributed by atoms with Crippen LogP contribution >= 0.6 is 7.60 Å². The number of hydrogen-bond donors (Lipinski definition) is 1. The fourth-order valence-corrected chi connectivity index (χ4v) is 4.23. The van der Waals surface area contributed by atoms with Crippen LogP contribution in [-0.4, -0.2) is 47.7 Å². The molecule has 0 spiro atoms. The molecule has 0 radical (unpaired) electrons. The molecule has 1 aliphatic rings. The van der Waals surface area contributed by atoms with E-state index in [1.807, 2.05) is 0 Å². The first-order valence-corrected chi connectivity index (χ1v) is 11.7. The minimum Gasteiger partial charge on any atom is -0.353 e. The van der Waals surface area contributed by atoms with Gasteiger partial charge in [0.15, 0.2) is 6.29 Å². The summed E-state index contributed by atoms with van der Waals surface area (Å²) in [7, 11) is -3.42. The van der Waals surface area contributed by atoms with Gasteiger partial charge in [-0.2, -0.15) is 4.98 Å². The Bertz CT molecular complexity index is 811. The number of amides is 1. The molecule has 1 N–H and O–H groups in total. The zero-order chi connectivity index (χ0) is 22.0. The van der Waals surface area contributed by atoms with Gasteiger partial charge in [-0.3, -0.25) is 13.9 Å². The standard InChI is InChI=1S/C19H30N3O7P/c1-4-27-30(25,28-5-2)13-10-16(29-18-8-6-7-12-26-18)14-22-11-9-17(20-15(3)23)21-19(22)24/h9-11,13,16,18H,4-8,12,14H2,1-3H3,(H,20,21,23,24)/t16-,18+/m0/s1. The highest BCUT2D eigenvalue weighted by Gasteiger charge is 2.23. The molecule has 1 saturated heterocycles. The minimum absolute atomic E-state index is 0.112. The third kappa shape index (κ3) is 8.12. The van der Waals surface area contributed by atoms with Gasteiger partial charge in [-0.1, -0.05) is 0 Å². The number of carbonyl (C=O) groups is 1. The maximum absolute atomic E-state index is 12.7. The molecule has 10 nitrogen and oxygen atoms in total. The summed E-state index contributed by atoms with van der Waals surface area (Å²) in [6.07, 6.45) is 4.70. The molecule has 0 saturated carbocycles. The van der Waals surface area contributed by atoms with Crippen LogP contribution in [0.25, 0.3) is 0 Å². The van der Waals surface area contributed by atoms with E-state index in [4.69, 9.17) is 18.5 Å². The summed E-state index contributed by atoms with van der Waals surface area (Å²) >= 11 is 0. The van der Waals surface area contributed by atoms with Gasteiger partial charge >= 0.3 is 13.3 Å². The van der Waals surface area contributed by atoms with Gasteiger partial charge in [0.1, 0.15) is 5.82 Å². The molecule has 0 unspecified atom stereocenters. The van der Waals surface area contributed by atoms with Gasteiger partial charge in [-0.15, -0.1) is 0 Å². The van der Waals surface area contributed by atoms with Crippen molar-refractivity contribution in [2.24, 2.45) is 0 Å². The van der Waals surface area contributed by atoms with Gasteiger partial charge in [0, 0.05) is 25.5 Å². The van der Waals surface area contributed by atoms with E-state index in [9.17, 15) is 14.2 Å². The van der Waals surface area contributed by atoms with Crippen molar-refractivity contribution in [1.29, 1.82) is 0 Å². The SMILES string of the molecule is CCOP(=O)(C=C[C@@H](Cn1ccc(NC(C)=O)nc1=O)O[C@@H]1CCCCO1)OCC. The molecule has 1 aliphatic heterocycles. The summed E-state index contributed by atoms with van der Waals surface area (Å²) in [5.41, 5.74) is -0.550. The topological polar surface area (TPSA) is 118 Å². The second kappa shape index (κ2) is 12.1. The molecule has 1 amide bonds. The van der Waals surface area contributed by atoms with Gasteiger partial charge in [0.25, 0.3) is 0 Å². The van der Waals surface area contributed by atoms with Crippen LogP contribution in [0.15, 0.2) is 29.0 Å². The lowest BCUT2D eigenvalue weighted by molar-refractivity contribution is -0.180. The van der Waals surface area contributed by atoms with Crippen molar-refractivity contribution in [2.75, 3.05) is 25.1 Å². The van der Waals surface area contributed by atoms with Gasteiger partial charge < -0.3 is 23.8 Å². The predicted molar refractivity (Wildman–Crippen MR) is 111 cm³/mol. The van der Waals surface area contributed by atoms with Gasteiger partial charge in [-0.05, 0) is 45.3 Å². The zero-order valence-corrected chi connectivity index (χ0v) is 18.5. The second-order valence-corrected chi connectivity index (χ2v) is 8.51. The van der Waals surface area contributed by atoms with Crippen molar-refractivity contribution >= 4 is 19.3 Å². The summed E-state index contributed by atoms with van der Waals surface area (Å²) in [4.78, 5) is 27.3. The van der Waals surface area contributed by atoms with E-state index in [-0.39, 0.29) is 31.5 Å². The first-order valence-electron chi connectivity index (χ1n) is 10.1. The average molecular weight is 443 g/mol. The Morgan fingerprint density at radius 3 is 2.70 bits per heavy atom. The lowest BCUT2D eigenvalue weighted by atomic mass is 10.2. The Morgan fingerprint density at radius 2 is 2.13 bits per heavy atom. The van der Waals surface area contributed by atoms with Crippen LogP contribution in [0.4, 0.5) is 5.82 Å². The van der Waals surface area contributed by atoms with Crippen LogP contribution in [0.2, 0.25) is 0 Å². The van der Waals surface area contributed by atoms with E-state index >= 15 is 0 Å². The molecule has 1 aromatic heterocycles. The minimum atomic E-state index is -3.42. The third-order valence-electron chi connectivity index (χ3n) is 4.12. The van der Waals surface area contributed by atoms with Crippen LogP contribution < -0.4 is 11.0 Å². The van der Waals surface area contributed by atoms with Crippen molar-refractivity contribution in [2.45, 2.75) is 59.0 Å². The van der Waals surface area contributed by atoms with Gasteiger partial charge in [0.05, 0.1) is 25.9 Å². The first kappa shape index (κ1) is 24.4. The molecule has 2 atom stereocenters. The lowest BCUT2D eigenvalue weighted by Crippen LogP contribution is -2.33. The number of nitrogens with one attached hydrogen (secondary N) is 1. The number of carbonyl (C=O) groups excluding carboxylic acids is 1.